The van der Waals surface area contributed by atoms with Gasteiger partial charge in [0.25, 0.3) is 11.8 Å². The Morgan fingerprint density at radius 1 is 1.12 bits per heavy atom. The summed E-state index contributed by atoms with van der Waals surface area (Å²) >= 11 is 0. The Hall–Kier alpha value is -3.67. The molecule has 2 aliphatic heterocycles. The number of H-pyrrole nitrogens is 1. The van der Waals surface area contributed by atoms with E-state index in [1.54, 1.807) is 12.4 Å². The number of likely N-dealkylation sites (tertiary alicyclic amines) is 1. The number of nitrogens with one attached hydrogen (secondary N) is 2. The van der Waals surface area contributed by atoms with Crippen molar-refractivity contribution in [2.24, 2.45) is 5.73 Å². The largest absolute Gasteiger partial charge is 0.403 e. The lowest BCUT2D eigenvalue weighted by Gasteiger charge is -2.35. The number of fused-ring (bicyclic) bond motifs is 1. The first-order valence-corrected chi connectivity index (χ1v) is 14.1. The zero-order chi connectivity index (χ0) is 29.0. The van der Waals surface area contributed by atoms with Crippen LogP contribution in [0.1, 0.15) is 35.8 Å². The summed E-state index contributed by atoms with van der Waals surface area (Å²) in [6.07, 6.45) is 8.55. The lowest BCUT2D eigenvalue weighted by Crippen LogP contribution is -2.47. The van der Waals surface area contributed by atoms with Gasteiger partial charge in [-0.05, 0) is 49.4 Å². The number of aromatic nitrogens is 3. The van der Waals surface area contributed by atoms with Crippen LogP contribution in [-0.2, 0) is 6.54 Å². The Labute approximate surface area is 239 Å². The van der Waals surface area contributed by atoms with E-state index in [1.165, 1.54) is 6.20 Å². The van der Waals surface area contributed by atoms with Crippen LogP contribution in [0.5, 0.6) is 0 Å². The summed E-state index contributed by atoms with van der Waals surface area (Å²) in [5.41, 5.74) is 10.0. The van der Waals surface area contributed by atoms with Gasteiger partial charge in [-0.2, -0.15) is 5.10 Å². The minimum Gasteiger partial charge on any atom is -0.403 e. The molecule has 4 N–H and O–H groups in total. The number of nitrogens with zero attached hydrogens (tertiary/aromatic N) is 5. The van der Waals surface area contributed by atoms with Gasteiger partial charge in [-0.1, -0.05) is 12.1 Å². The van der Waals surface area contributed by atoms with Crippen molar-refractivity contribution in [2.45, 2.75) is 38.3 Å². The molecule has 0 radical (unpaired) electrons. The molecule has 2 saturated heterocycles. The zero-order valence-corrected chi connectivity index (χ0v) is 23.6. The van der Waals surface area contributed by atoms with Crippen LogP contribution < -0.4 is 11.1 Å². The summed E-state index contributed by atoms with van der Waals surface area (Å²) in [4.78, 5) is 24.4. The number of amides is 1. The SMILES string of the molecule is CC(/C=C\C(=C/N)NC(=O)c1n[nH]c2ccc(-c3cncc(CN4CCC(F)(F)CC4)c3)cc12)N1CCN(C)CC1. The van der Waals surface area contributed by atoms with Gasteiger partial charge in [-0.15, -0.1) is 0 Å². The fraction of sp³-hybridized carbons (Fsp3) is 0.433. The molecule has 0 saturated carbocycles. The first-order valence-electron chi connectivity index (χ1n) is 14.1. The predicted octanol–water partition coefficient (Wildman–Crippen LogP) is 3.58. The summed E-state index contributed by atoms with van der Waals surface area (Å²) in [5.74, 6) is -2.93. The third kappa shape index (κ3) is 7.16. The maximum absolute atomic E-state index is 13.5. The van der Waals surface area contributed by atoms with E-state index in [0.717, 1.165) is 48.4 Å². The third-order valence-electron chi connectivity index (χ3n) is 8.01. The number of hydrogen-bond acceptors (Lipinski definition) is 7. The van der Waals surface area contributed by atoms with E-state index in [4.69, 9.17) is 5.73 Å². The molecule has 4 heterocycles. The Morgan fingerprint density at radius 3 is 2.61 bits per heavy atom. The number of carbonyl (C=O) groups excluding carboxylic acids is 1. The van der Waals surface area contributed by atoms with Crippen molar-refractivity contribution in [3.8, 4) is 11.1 Å². The number of nitrogens with two attached hydrogens (primary N) is 1. The van der Waals surface area contributed by atoms with E-state index in [2.05, 4.69) is 44.3 Å². The first-order chi connectivity index (χ1) is 19.7. The standard InChI is InChI=1S/C30H38F2N8O/c1-21(40-13-11-38(2)12-14-40)3-5-25(17-33)35-29(41)28-26-16-23(4-6-27(26)36-37-28)24-15-22(18-34-19-24)20-39-9-7-30(31,32)8-10-39/h3-6,15-19,21H,7-14,20,33H2,1-2H3,(H,35,41)(H,36,37)/b5-3-,25-17+. The Bertz CT molecular complexity index is 1420. The van der Waals surface area contributed by atoms with Crippen LogP contribution in [0.4, 0.5) is 8.78 Å². The second-order valence-corrected chi connectivity index (χ2v) is 11.1. The summed E-state index contributed by atoms with van der Waals surface area (Å²) in [5, 5.41) is 10.8. The van der Waals surface area contributed by atoms with Gasteiger partial charge < -0.3 is 16.0 Å². The van der Waals surface area contributed by atoms with Crippen LogP contribution >= 0.6 is 0 Å². The average Bonchev–Trinajstić information content (AvgIpc) is 3.40. The minimum atomic E-state index is -2.57. The van der Waals surface area contributed by atoms with Crippen LogP contribution in [-0.4, -0.2) is 94.1 Å². The van der Waals surface area contributed by atoms with E-state index >= 15 is 0 Å². The molecule has 1 unspecified atom stereocenters. The van der Waals surface area contributed by atoms with Gasteiger partial charge in [-0.25, -0.2) is 8.78 Å². The van der Waals surface area contributed by atoms with Gasteiger partial charge >= 0.3 is 0 Å². The Morgan fingerprint density at radius 2 is 1.88 bits per heavy atom. The van der Waals surface area contributed by atoms with Gasteiger partial charge in [0.2, 0.25) is 0 Å². The van der Waals surface area contributed by atoms with E-state index in [9.17, 15) is 13.6 Å². The first kappa shape index (κ1) is 28.8. The lowest BCUT2D eigenvalue weighted by molar-refractivity contribution is -0.0566. The molecular formula is C30H38F2N8O. The molecule has 2 fully saturated rings. The second kappa shape index (κ2) is 12.5. The normalized spacial score (nSPS) is 20.0. The van der Waals surface area contributed by atoms with Gasteiger partial charge in [0.15, 0.2) is 5.69 Å². The number of rotatable bonds is 8. The second-order valence-electron chi connectivity index (χ2n) is 11.1. The number of halogens is 2. The smallest absolute Gasteiger partial charge is 0.276 e. The number of aromatic amines is 1. The van der Waals surface area contributed by atoms with Gasteiger partial charge in [0, 0.05) is 94.2 Å². The van der Waals surface area contributed by atoms with E-state index in [1.807, 2.05) is 41.3 Å². The maximum atomic E-state index is 13.5. The number of carbonyl (C=O) groups is 1. The van der Waals surface area contributed by atoms with Crippen LogP contribution in [0.2, 0.25) is 0 Å². The Kier molecular flexibility index (Phi) is 8.77. The highest BCUT2D eigenvalue weighted by molar-refractivity contribution is 6.06. The summed E-state index contributed by atoms with van der Waals surface area (Å²) in [6, 6.07) is 7.96. The molecule has 0 spiro atoms. The van der Waals surface area contributed by atoms with Crippen LogP contribution in [0.25, 0.3) is 22.0 Å². The summed E-state index contributed by atoms with van der Waals surface area (Å²) in [6.45, 7) is 7.47. The Balaban J connectivity index is 1.27. The average molecular weight is 565 g/mol. The van der Waals surface area contributed by atoms with Crippen molar-refractivity contribution in [1.29, 1.82) is 0 Å². The molecule has 5 rings (SSSR count). The molecule has 11 heteroatoms. The van der Waals surface area contributed by atoms with Gasteiger partial charge in [0.1, 0.15) is 0 Å². The summed E-state index contributed by atoms with van der Waals surface area (Å²) < 4.78 is 27.1. The fourth-order valence-corrected chi connectivity index (χ4v) is 5.32. The highest BCUT2D eigenvalue weighted by Gasteiger charge is 2.33. The van der Waals surface area contributed by atoms with E-state index in [-0.39, 0.29) is 30.5 Å². The van der Waals surface area contributed by atoms with Crippen molar-refractivity contribution in [3.63, 3.8) is 0 Å². The number of pyridine rings is 1. The molecule has 1 atom stereocenters. The topological polar surface area (TPSA) is 106 Å². The van der Waals surface area contributed by atoms with Crippen LogP contribution in [0.3, 0.4) is 0 Å². The van der Waals surface area contributed by atoms with Crippen molar-refractivity contribution >= 4 is 16.8 Å². The highest BCUT2D eigenvalue weighted by atomic mass is 19.3. The van der Waals surface area contributed by atoms with Gasteiger partial charge in [0.05, 0.1) is 11.2 Å². The molecular weight excluding hydrogens is 526 g/mol. The number of piperazine rings is 1. The predicted molar refractivity (Wildman–Crippen MR) is 156 cm³/mol. The van der Waals surface area contributed by atoms with Crippen molar-refractivity contribution in [2.75, 3.05) is 46.3 Å². The maximum Gasteiger partial charge on any atom is 0.276 e. The number of benzene rings is 1. The summed E-state index contributed by atoms with van der Waals surface area (Å²) in [7, 11) is 2.13. The molecule has 9 nitrogen and oxygen atoms in total. The molecule has 218 valence electrons. The van der Waals surface area contributed by atoms with Crippen molar-refractivity contribution < 1.29 is 13.6 Å². The number of piperidine rings is 1. The number of allylic oxidation sites excluding steroid dienone is 1. The van der Waals surface area contributed by atoms with Gasteiger partial charge in [-0.3, -0.25) is 24.7 Å². The van der Waals surface area contributed by atoms with E-state index in [0.29, 0.717) is 30.7 Å². The minimum absolute atomic E-state index is 0.117. The number of likely N-dealkylation sites (N-methyl/N-ethyl adjacent to an activating group) is 1. The van der Waals surface area contributed by atoms with Crippen LogP contribution in [0, 0.1) is 0 Å². The molecule has 3 aromatic rings. The molecule has 1 aromatic carbocycles. The molecule has 2 aromatic heterocycles. The third-order valence-corrected chi connectivity index (χ3v) is 8.01. The van der Waals surface area contributed by atoms with Crippen molar-refractivity contribution in [1.82, 2.24) is 35.2 Å². The van der Waals surface area contributed by atoms with Crippen molar-refractivity contribution in [3.05, 3.63) is 72.0 Å². The van der Waals surface area contributed by atoms with E-state index < -0.39 is 5.92 Å². The highest BCUT2D eigenvalue weighted by Crippen LogP contribution is 2.29. The fourth-order valence-electron chi connectivity index (χ4n) is 5.32. The van der Waals surface area contributed by atoms with Crippen LogP contribution in [0.15, 0.2) is 60.7 Å². The molecule has 2 aliphatic rings. The lowest BCUT2D eigenvalue weighted by atomic mass is 10.0. The quantitative estimate of drug-likeness (QED) is 0.359. The molecule has 0 bridgehead atoms. The molecule has 0 aliphatic carbocycles. The zero-order valence-electron chi connectivity index (χ0n) is 23.6. The monoisotopic (exact) mass is 564 g/mol. The molecule has 1 amide bonds. The number of alkyl halides is 2. The number of hydrogen-bond donors (Lipinski definition) is 3. The molecule has 41 heavy (non-hydrogen) atoms.